The van der Waals surface area contributed by atoms with Crippen LogP contribution in [0.1, 0.15) is 29.5 Å². The first-order valence-electron chi connectivity index (χ1n) is 7.50. The van der Waals surface area contributed by atoms with Crippen molar-refractivity contribution in [3.63, 3.8) is 0 Å². The smallest absolute Gasteiger partial charge is 0.375 e. The van der Waals surface area contributed by atoms with Crippen LogP contribution in [0, 0.1) is 11.3 Å². The fourth-order valence-corrected chi connectivity index (χ4v) is 3.89. The summed E-state index contributed by atoms with van der Waals surface area (Å²) in [6.07, 6.45) is -4.32. The monoisotopic (exact) mass is 400 g/mol. The minimum Gasteiger partial charge on any atom is -0.375 e. The lowest BCUT2D eigenvalue weighted by Crippen LogP contribution is -2.42. The number of rotatable bonds is 4. The summed E-state index contributed by atoms with van der Waals surface area (Å²) in [5.41, 5.74) is -2.82. The van der Waals surface area contributed by atoms with Gasteiger partial charge in [-0.1, -0.05) is 35.9 Å². The normalized spacial score (nSPS) is 14.3. The number of halogens is 4. The molecule has 2 heterocycles. The first kappa shape index (κ1) is 18.6. The molecule has 0 radical (unpaired) electrons. The van der Waals surface area contributed by atoms with Gasteiger partial charge in [0.2, 0.25) is 5.60 Å². The summed E-state index contributed by atoms with van der Waals surface area (Å²) >= 11 is 7.35. The van der Waals surface area contributed by atoms with Gasteiger partial charge in [0.15, 0.2) is 0 Å². The lowest BCUT2D eigenvalue weighted by Gasteiger charge is -2.26. The van der Waals surface area contributed by atoms with Crippen molar-refractivity contribution in [2.45, 2.75) is 31.7 Å². The molecule has 1 aromatic carbocycles. The molecule has 0 aliphatic heterocycles. The van der Waals surface area contributed by atoms with Gasteiger partial charge in [-0.05, 0) is 18.1 Å². The molecule has 0 amide bonds. The van der Waals surface area contributed by atoms with Crippen molar-refractivity contribution in [2.75, 3.05) is 0 Å². The predicted octanol–water partition coefficient (Wildman–Crippen LogP) is 4.23. The van der Waals surface area contributed by atoms with Gasteiger partial charge >= 0.3 is 6.18 Å². The van der Waals surface area contributed by atoms with E-state index in [1.54, 1.807) is 18.2 Å². The van der Waals surface area contributed by atoms with Crippen LogP contribution in [0.25, 0.3) is 10.1 Å². The van der Waals surface area contributed by atoms with Gasteiger partial charge in [-0.15, -0.1) is 16.4 Å². The molecule has 0 bridgehead atoms. The van der Waals surface area contributed by atoms with E-state index in [-0.39, 0.29) is 6.54 Å². The lowest BCUT2D eigenvalue weighted by molar-refractivity contribution is -0.269. The lowest BCUT2D eigenvalue weighted by atomic mass is 9.96. The molecule has 10 heteroatoms. The fraction of sp³-hybridized carbons (Fsp3) is 0.312. The topological polar surface area (TPSA) is 74.7 Å². The Morgan fingerprint density at radius 1 is 1.38 bits per heavy atom. The van der Waals surface area contributed by atoms with Crippen LogP contribution in [-0.2, 0) is 12.1 Å². The van der Waals surface area contributed by atoms with Gasteiger partial charge in [0, 0.05) is 10.1 Å². The van der Waals surface area contributed by atoms with E-state index in [2.05, 4.69) is 10.3 Å². The predicted molar refractivity (Wildman–Crippen MR) is 90.9 cm³/mol. The maximum Gasteiger partial charge on any atom is 0.423 e. The Morgan fingerprint density at radius 3 is 2.73 bits per heavy atom. The zero-order valence-corrected chi connectivity index (χ0v) is 15.0. The number of nitriles is 1. The first-order chi connectivity index (χ1) is 12.2. The molecule has 3 rings (SSSR count). The highest BCUT2D eigenvalue weighted by molar-refractivity contribution is 7.20. The number of alkyl halides is 3. The second-order valence-electron chi connectivity index (χ2n) is 5.70. The molecule has 0 fully saturated rings. The van der Waals surface area contributed by atoms with Crippen molar-refractivity contribution < 1.29 is 18.3 Å². The van der Waals surface area contributed by atoms with Crippen LogP contribution in [0.15, 0.2) is 24.4 Å². The van der Waals surface area contributed by atoms with Gasteiger partial charge in [-0.3, -0.25) is 0 Å². The number of fused-ring (bicyclic) bond motifs is 1. The third kappa shape index (κ3) is 3.05. The average molecular weight is 401 g/mol. The second-order valence-corrected chi connectivity index (χ2v) is 7.13. The van der Waals surface area contributed by atoms with Crippen molar-refractivity contribution >= 4 is 33.0 Å². The van der Waals surface area contributed by atoms with E-state index in [1.165, 1.54) is 22.9 Å². The van der Waals surface area contributed by atoms with Crippen LogP contribution >= 0.6 is 22.9 Å². The SMILES string of the molecule is CCC(O)(c1cn(Cc2ccc3c(Cl)c(C#N)sc3c2)nn1)C(F)(F)F. The first-order valence-corrected chi connectivity index (χ1v) is 8.69. The third-order valence-electron chi connectivity index (χ3n) is 4.08. The second kappa shape index (κ2) is 6.54. The van der Waals surface area contributed by atoms with Crippen LogP contribution in [-0.4, -0.2) is 26.3 Å². The fourth-order valence-electron chi connectivity index (χ4n) is 2.56. The van der Waals surface area contributed by atoms with Crippen molar-refractivity contribution in [1.82, 2.24) is 15.0 Å². The summed E-state index contributed by atoms with van der Waals surface area (Å²) in [5, 5.41) is 27.3. The highest BCUT2D eigenvalue weighted by Crippen LogP contribution is 2.40. The number of thiophene rings is 1. The van der Waals surface area contributed by atoms with Crippen LogP contribution in [0.4, 0.5) is 13.2 Å². The van der Waals surface area contributed by atoms with E-state index in [1.807, 2.05) is 6.07 Å². The zero-order valence-electron chi connectivity index (χ0n) is 13.4. The molecule has 0 saturated carbocycles. The van der Waals surface area contributed by atoms with E-state index in [4.69, 9.17) is 16.9 Å². The molecule has 0 spiro atoms. The number of nitrogens with zero attached hydrogens (tertiary/aromatic N) is 4. The van der Waals surface area contributed by atoms with E-state index >= 15 is 0 Å². The molecule has 3 aromatic rings. The largest absolute Gasteiger partial charge is 0.423 e. The van der Waals surface area contributed by atoms with Crippen molar-refractivity contribution in [3.05, 3.63) is 45.6 Å². The van der Waals surface area contributed by atoms with Crippen LogP contribution < -0.4 is 0 Å². The molecule has 5 nitrogen and oxygen atoms in total. The van der Waals surface area contributed by atoms with E-state index in [9.17, 15) is 18.3 Å². The van der Waals surface area contributed by atoms with Crippen LogP contribution in [0.3, 0.4) is 0 Å². The number of aromatic nitrogens is 3. The molecule has 0 saturated heterocycles. The molecular formula is C16H12ClF3N4OS. The maximum absolute atomic E-state index is 13.1. The minimum absolute atomic E-state index is 0.165. The van der Waals surface area contributed by atoms with Gasteiger partial charge in [0.1, 0.15) is 16.6 Å². The number of aliphatic hydroxyl groups is 1. The summed E-state index contributed by atoms with van der Waals surface area (Å²) in [6, 6.07) is 7.31. The zero-order chi connectivity index (χ0) is 19.1. The summed E-state index contributed by atoms with van der Waals surface area (Å²) in [6.45, 7) is 1.39. The summed E-state index contributed by atoms with van der Waals surface area (Å²) in [4.78, 5) is 0.403. The quantitative estimate of drug-likeness (QED) is 0.711. The number of hydrogen-bond donors (Lipinski definition) is 1. The highest BCUT2D eigenvalue weighted by Gasteiger charge is 2.55. The molecule has 1 atom stereocenters. The molecule has 1 N–H and O–H groups in total. The molecule has 0 aliphatic carbocycles. The van der Waals surface area contributed by atoms with Crippen LogP contribution in [0.2, 0.25) is 5.02 Å². The van der Waals surface area contributed by atoms with Crippen molar-refractivity contribution in [1.29, 1.82) is 5.26 Å². The Hall–Kier alpha value is -2.15. The average Bonchev–Trinajstić information content (AvgIpc) is 3.18. The van der Waals surface area contributed by atoms with Crippen molar-refractivity contribution in [2.24, 2.45) is 0 Å². The molecule has 1 unspecified atom stereocenters. The van der Waals surface area contributed by atoms with E-state index < -0.39 is 23.9 Å². The molecule has 136 valence electrons. The standard InChI is InChI=1S/C16H12ClF3N4OS/c1-2-15(25,16(18,19)20)13-8-24(23-22-13)7-9-3-4-10-11(5-9)26-12(6-21)14(10)17/h3-5,8,25H,2,7H2,1H3. The summed E-state index contributed by atoms with van der Waals surface area (Å²) in [5.74, 6) is 0. The van der Waals surface area contributed by atoms with Gasteiger partial charge < -0.3 is 5.11 Å². The van der Waals surface area contributed by atoms with Crippen molar-refractivity contribution in [3.8, 4) is 6.07 Å². The highest BCUT2D eigenvalue weighted by atomic mass is 35.5. The van der Waals surface area contributed by atoms with Gasteiger partial charge in [-0.25, -0.2) is 4.68 Å². The Morgan fingerprint density at radius 2 is 2.12 bits per heavy atom. The maximum atomic E-state index is 13.1. The Kier molecular flexibility index (Phi) is 4.69. The van der Waals surface area contributed by atoms with Crippen LogP contribution in [0.5, 0.6) is 0 Å². The molecule has 26 heavy (non-hydrogen) atoms. The number of benzene rings is 1. The Bertz CT molecular complexity index is 1010. The third-order valence-corrected chi connectivity index (χ3v) is 5.64. The summed E-state index contributed by atoms with van der Waals surface area (Å²) in [7, 11) is 0. The Labute approximate surface area is 155 Å². The van der Waals surface area contributed by atoms with E-state index in [0.717, 1.165) is 21.8 Å². The van der Waals surface area contributed by atoms with E-state index in [0.29, 0.717) is 9.90 Å². The minimum atomic E-state index is -4.84. The Balaban J connectivity index is 1.90. The van der Waals surface area contributed by atoms with Gasteiger partial charge in [0.25, 0.3) is 0 Å². The number of hydrogen-bond acceptors (Lipinski definition) is 5. The van der Waals surface area contributed by atoms with Gasteiger partial charge in [0.05, 0.1) is 17.8 Å². The van der Waals surface area contributed by atoms with Gasteiger partial charge in [-0.2, -0.15) is 18.4 Å². The molecule has 2 aromatic heterocycles. The summed E-state index contributed by atoms with van der Waals surface area (Å²) < 4.78 is 41.4. The molecular weight excluding hydrogens is 389 g/mol. The molecule has 0 aliphatic rings.